The zero-order valence-electron chi connectivity index (χ0n) is 13.1. The lowest BCUT2D eigenvalue weighted by Gasteiger charge is -2.17. The minimum absolute atomic E-state index is 0.0165. The topological polar surface area (TPSA) is 120 Å². The van der Waals surface area contributed by atoms with E-state index in [1.54, 1.807) is 0 Å². The lowest BCUT2D eigenvalue weighted by molar-refractivity contribution is -0.119. The van der Waals surface area contributed by atoms with E-state index in [0.717, 1.165) is 12.0 Å². The Labute approximate surface area is 139 Å². The van der Waals surface area contributed by atoms with Crippen LogP contribution < -0.4 is 16.8 Å². The average Bonchev–Trinajstić information content (AvgIpc) is 2.51. The second kappa shape index (κ2) is 7.77. The van der Waals surface area contributed by atoms with Crippen LogP contribution in [-0.2, 0) is 4.79 Å². The third kappa shape index (κ3) is 5.10. The molecule has 0 aliphatic heterocycles. The summed E-state index contributed by atoms with van der Waals surface area (Å²) < 4.78 is 0. The summed E-state index contributed by atoms with van der Waals surface area (Å²) >= 11 is 1.17. The number of carbonyl (C=O) groups is 1. The molecule has 1 aromatic carbocycles. The number of thioether (sulfide) groups is 1. The lowest BCUT2D eigenvalue weighted by Crippen LogP contribution is -2.29. The minimum atomic E-state index is -0.0972. The molecular weight excluding hydrogens is 312 g/mol. The SMILES string of the molecule is CC[C@@H](NC(=O)CSc1nc(N)nc(N)n1)c1ccc(C)cc1. The van der Waals surface area contributed by atoms with Gasteiger partial charge in [0.15, 0.2) is 5.16 Å². The average molecular weight is 332 g/mol. The monoisotopic (exact) mass is 332 g/mol. The smallest absolute Gasteiger partial charge is 0.230 e. The first-order valence-electron chi connectivity index (χ1n) is 7.23. The summed E-state index contributed by atoms with van der Waals surface area (Å²) in [6, 6.07) is 8.12. The molecule has 5 N–H and O–H groups in total. The van der Waals surface area contributed by atoms with E-state index < -0.39 is 0 Å². The number of amides is 1. The first-order chi connectivity index (χ1) is 11.0. The molecule has 0 saturated carbocycles. The van der Waals surface area contributed by atoms with Gasteiger partial charge in [0.25, 0.3) is 0 Å². The Kier molecular flexibility index (Phi) is 5.75. The van der Waals surface area contributed by atoms with Crippen molar-refractivity contribution < 1.29 is 4.79 Å². The fraction of sp³-hybridized carbons (Fsp3) is 0.333. The summed E-state index contributed by atoms with van der Waals surface area (Å²) in [5.74, 6) is 0.184. The Morgan fingerprint density at radius 1 is 1.17 bits per heavy atom. The van der Waals surface area contributed by atoms with Crippen LogP contribution in [0, 0.1) is 6.92 Å². The summed E-state index contributed by atoms with van der Waals surface area (Å²) in [6.07, 6.45) is 0.811. The summed E-state index contributed by atoms with van der Waals surface area (Å²) in [5, 5.41) is 3.35. The van der Waals surface area contributed by atoms with Gasteiger partial charge in [-0.15, -0.1) is 0 Å². The molecule has 7 nitrogen and oxygen atoms in total. The van der Waals surface area contributed by atoms with Crippen molar-refractivity contribution in [2.24, 2.45) is 0 Å². The third-order valence-electron chi connectivity index (χ3n) is 3.21. The number of nitrogens with one attached hydrogen (secondary N) is 1. The number of nitrogens with zero attached hydrogens (tertiary/aromatic N) is 3. The van der Waals surface area contributed by atoms with E-state index in [4.69, 9.17) is 11.5 Å². The number of hydrogen-bond donors (Lipinski definition) is 3. The highest BCUT2D eigenvalue weighted by Gasteiger charge is 2.13. The van der Waals surface area contributed by atoms with Gasteiger partial charge in [-0.1, -0.05) is 48.5 Å². The minimum Gasteiger partial charge on any atom is -0.368 e. The Hall–Kier alpha value is -2.35. The molecule has 0 spiro atoms. The van der Waals surface area contributed by atoms with Crippen LogP contribution in [0.5, 0.6) is 0 Å². The molecule has 0 radical (unpaired) electrons. The number of benzene rings is 1. The van der Waals surface area contributed by atoms with Crippen LogP contribution >= 0.6 is 11.8 Å². The summed E-state index contributed by atoms with van der Waals surface area (Å²) in [7, 11) is 0. The number of aromatic nitrogens is 3. The van der Waals surface area contributed by atoms with Crippen molar-refractivity contribution in [3.05, 3.63) is 35.4 Å². The number of aryl methyl sites for hydroxylation is 1. The zero-order valence-corrected chi connectivity index (χ0v) is 13.9. The predicted molar refractivity (Wildman–Crippen MR) is 91.7 cm³/mol. The fourth-order valence-corrected chi connectivity index (χ4v) is 2.70. The molecule has 0 aliphatic rings. The first kappa shape index (κ1) is 17.0. The van der Waals surface area contributed by atoms with Crippen LogP contribution in [0.3, 0.4) is 0 Å². The van der Waals surface area contributed by atoms with Crippen molar-refractivity contribution in [2.45, 2.75) is 31.5 Å². The van der Waals surface area contributed by atoms with E-state index >= 15 is 0 Å². The van der Waals surface area contributed by atoms with Crippen molar-refractivity contribution in [1.82, 2.24) is 20.3 Å². The molecule has 122 valence electrons. The van der Waals surface area contributed by atoms with Crippen molar-refractivity contribution in [3.63, 3.8) is 0 Å². The van der Waals surface area contributed by atoms with Gasteiger partial charge >= 0.3 is 0 Å². The highest BCUT2D eigenvalue weighted by molar-refractivity contribution is 7.99. The molecule has 2 aromatic rings. The van der Waals surface area contributed by atoms with Gasteiger partial charge < -0.3 is 16.8 Å². The molecule has 8 heteroatoms. The second-order valence-electron chi connectivity index (χ2n) is 5.06. The van der Waals surface area contributed by atoms with E-state index in [0.29, 0.717) is 5.16 Å². The zero-order chi connectivity index (χ0) is 16.8. The molecule has 0 bridgehead atoms. The van der Waals surface area contributed by atoms with Gasteiger partial charge in [0.05, 0.1) is 11.8 Å². The van der Waals surface area contributed by atoms with Crippen molar-refractivity contribution >= 4 is 29.6 Å². The molecule has 0 unspecified atom stereocenters. The molecule has 0 saturated heterocycles. The number of hydrogen-bond acceptors (Lipinski definition) is 7. The standard InChI is InChI=1S/C15H20N6OS/c1-3-11(10-6-4-9(2)5-7-10)18-12(22)8-23-15-20-13(16)19-14(17)21-15/h4-7,11H,3,8H2,1-2H3,(H,18,22)(H4,16,17,19,20,21)/t11-/m1/s1. The second-order valence-corrected chi connectivity index (χ2v) is 6.00. The quantitative estimate of drug-likeness (QED) is 0.689. The van der Waals surface area contributed by atoms with Gasteiger partial charge in [-0.2, -0.15) is 15.0 Å². The van der Waals surface area contributed by atoms with Gasteiger partial charge in [0.1, 0.15) is 0 Å². The van der Waals surface area contributed by atoms with E-state index in [1.165, 1.54) is 17.3 Å². The molecule has 0 aliphatic carbocycles. The van der Waals surface area contributed by atoms with Gasteiger partial charge in [-0.05, 0) is 18.9 Å². The largest absolute Gasteiger partial charge is 0.368 e. The highest BCUT2D eigenvalue weighted by atomic mass is 32.2. The van der Waals surface area contributed by atoms with E-state index in [9.17, 15) is 4.79 Å². The van der Waals surface area contributed by atoms with Crippen LogP contribution in [0.1, 0.15) is 30.5 Å². The summed E-state index contributed by atoms with van der Waals surface area (Å²) in [6.45, 7) is 4.07. The highest BCUT2D eigenvalue weighted by Crippen LogP contribution is 2.18. The van der Waals surface area contributed by atoms with Crippen LogP contribution in [0.15, 0.2) is 29.4 Å². The Balaban J connectivity index is 1.93. The lowest BCUT2D eigenvalue weighted by atomic mass is 10.0. The number of nitrogen functional groups attached to an aromatic ring is 2. The molecule has 2 rings (SSSR count). The number of rotatable bonds is 6. The van der Waals surface area contributed by atoms with E-state index in [1.807, 2.05) is 38.1 Å². The summed E-state index contributed by atoms with van der Waals surface area (Å²) in [4.78, 5) is 23.7. The van der Waals surface area contributed by atoms with E-state index in [2.05, 4.69) is 20.3 Å². The first-order valence-corrected chi connectivity index (χ1v) is 8.22. The van der Waals surface area contributed by atoms with Crippen molar-refractivity contribution in [2.75, 3.05) is 17.2 Å². The number of carbonyl (C=O) groups excluding carboxylic acids is 1. The Bertz CT molecular complexity index is 656. The maximum absolute atomic E-state index is 12.1. The molecular formula is C15H20N6OS. The van der Waals surface area contributed by atoms with E-state index in [-0.39, 0.29) is 29.6 Å². The van der Waals surface area contributed by atoms with Crippen molar-refractivity contribution in [3.8, 4) is 0 Å². The fourth-order valence-electron chi connectivity index (χ4n) is 2.04. The van der Waals surface area contributed by atoms with Crippen LogP contribution in [0.25, 0.3) is 0 Å². The van der Waals surface area contributed by atoms with Crippen LogP contribution in [-0.4, -0.2) is 26.6 Å². The molecule has 1 atom stereocenters. The Morgan fingerprint density at radius 2 is 1.78 bits per heavy atom. The van der Waals surface area contributed by atoms with Crippen molar-refractivity contribution in [1.29, 1.82) is 0 Å². The molecule has 1 aromatic heterocycles. The Morgan fingerprint density at radius 3 is 2.35 bits per heavy atom. The molecule has 1 heterocycles. The van der Waals surface area contributed by atoms with Gasteiger partial charge in [0.2, 0.25) is 17.8 Å². The molecule has 23 heavy (non-hydrogen) atoms. The normalized spacial score (nSPS) is 11.9. The predicted octanol–water partition coefficient (Wildman–Crippen LogP) is 1.70. The molecule has 1 amide bonds. The maximum atomic E-state index is 12.1. The number of nitrogens with two attached hydrogens (primary N) is 2. The molecule has 0 fully saturated rings. The third-order valence-corrected chi connectivity index (χ3v) is 4.05. The van der Waals surface area contributed by atoms with Gasteiger partial charge in [0, 0.05) is 0 Å². The van der Waals surface area contributed by atoms with Gasteiger partial charge in [-0.3, -0.25) is 4.79 Å². The van der Waals surface area contributed by atoms with Gasteiger partial charge in [-0.25, -0.2) is 0 Å². The maximum Gasteiger partial charge on any atom is 0.230 e. The number of anilines is 2. The summed E-state index contributed by atoms with van der Waals surface area (Å²) in [5.41, 5.74) is 13.3. The van der Waals surface area contributed by atoms with Crippen LogP contribution in [0.4, 0.5) is 11.9 Å². The van der Waals surface area contributed by atoms with Crippen LogP contribution in [0.2, 0.25) is 0 Å².